The lowest BCUT2D eigenvalue weighted by molar-refractivity contribution is -0.249. The summed E-state index contributed by atoms with van der Waals surface area (Å²) in [6.45, 7) is 3.55. The maximum absolute atomic E-state index is 17.6. The summed E-state index contributed by atoms with van der Waals surface area (Å²) in [7, 11) is 0. The smallest absolute Gasteiger partial charge is 0.331 e. The van der Waals surface area contributed by atoms with Crippen molar-refractivity contribution in [3.63, 3.8) is 0 Å². The van der Waals surface area contributed by atoms with Gasteiger partial charge in [0.05, 0.1) is 6.10 Å². The second-order valence-electron chi connectivity index (χ2n) is 26.3. The molecule has 12 heteroatoms. The van der Waals surface area contributed by atoms with E-state index in [-0.39, 0.29) is 86.5 Å². The molecule has 4 spiro atoms. The zero-order valence-corrected chi connectivity index (χ0v) is 43.1. The summed E-state index contributed by atoms with van der Waals surface area (Å²) in [5.41, 5.74) is 3.41. The van der Waals surface area contributed by atoms with Crippen LogP contribution in [-0.4, -0.2) is 88.2 Å². The lowest BCUT2D eigenvalue weighted by Crippen LogP contribution is -2.79. The number of guanidine groups is 1. The fraction of sp³-hybridized carbons (Fsp3) is 0.587. The number of benzene rings is 1. The second-order valence-corrected chi connectivity index (χ2v) is 26.3. The maximum Gasteiger partial charge on any atom is 0.331 e. The van der Waals surface area contributed by atoms with Crippen LogP contribution in [0.1, 0.15) is 141 Å². The number of ketones is 2. The number of carbonyl (C=O) groups is 3. The summed E-state index contributed by atoms with van der Waals surface area (Å²) in [4.78, 5) is 51.3. The number of aliphatic imine (C=N–C) groups is 1. The molecule has 12 nitrogen and oxygen atoms in total. The van der Waals surface area contributed by atoms with Gasteiger partial charge < -0.3 is 42.1 Å². The van der Waals surface area contributed by atoms with Gasteiger partial charge in [-0.05, 0) is 141 Å². The van der Waals surface area contributed by atoms with E-state index in [1.807, 2.05) is 24.3 Å². The van der Waals surface area contributed by atoms with Gasteiger partial charge in [0.15, 0.2) is 11.7 Å². The molecule has 15 rings (SSSR count). The average Bonchev–Trinajstić information content (AvgIpc) is 3.81. The molecule has 10 N–H and O–H groups in total. The normalized spacial score (nSPS) is 49.3. The zero-order chi connectivity index (χ0) is 52.0. The number of rotatable bonds is 3. The lowest BCUT2D eigenvalue weighted by atomic mass is 9.29. The van der Waals surface area contributed by atoms with E-state index in [1.54, 1.807) is 0 Å². The number of carbonyl (C=O) groups excluding carboxylic acids is 2. The van der Waals surface area contributed by atoms with E-state index in [1.165, 1.54) is 12.5 Å². The Hall–Kier alpha value is -5.16. The third kappa shape index (κ3) is 4.66. The highest BCUT2D eigenvalue weighted by Crippen LogP contribution is 2.93. The Bertz CT molecular complexity index is 3300. The van der Waals surface area contributed by atoms with Crippen molar-refractivity contribution < 1.29 is 45.0 Å². The molecule has 1 aromatic rings. The minimum Gasteiger partial charge on any atom is -0.478 e. The molecular weight excluding hydrogens is 943 g/mol. The van der Waals surface area contributed by atoms with Gasteiger partial charge in [-0.2, -0.15) is 0 Å². The topological polar surface area (TPSA) is 237 Å². The number of carboxylic acid groups (broad SMARTS) is 1. The molecule has 6 saturated carbocycles. The van der Waals surface area contributed by atoms with Gasteiger partial charge in [0.1, 0.15) is 33.7 Å². The number of fused-ring (bicyclic) bond motifs is 2. The van der Waals surface area contributed by atoms with Gasteiger partial charge in [0.25, 0.3) is 0 Å². The number of aliphatic hydroxyl groups excluding tert-OH is 1. The first-order chi connectivity index (χ1) is 35.7. The molecule has 0 saturated heterocycles. The Balaban J connectivity index is 1.18. The van der Waals surface area contributed by atoms with Crippen LogP contribution in [0.5, 0.6) is 0 Å². The number of nitrogens with zero attached hydrogens (tertiary/aromatic N) is 1. The number of nitrogens with two attached hydrogens (primary N) is 2. The largest absolute Gasteiger partial charge is 0.478 e. The van der Waals surface area contributed by atoms with E-state index in [4.69, 9.17) is 16.5 Å². The standard InChI is InChI=1S/C63H69N3O9/c1-33(52(70)71)40-19-26-56(66-53(64)65)27-28-57-43-31-39(67)16-18-42-48(69)47-51-58(72)32-38-30-36-15-17-41(62(40,74)63(43,56)75)45(36)49(57)61(38,73)60(51)24-10-3-7-21-54(2)44(68)20-25-55(47,22-8-4-9-23-59(42,57)60)50(54)46(58)37-14-13-34-11-5-6-12-35(34)29-37/h5-6,11-12,17,27-29,32,39,42-43,46,49-50,67,72-75H,4,8-10,13-16,18-26,30-31H2,1-2H3,(H,70,71)(H4,64,65,66)/b40-33+/t39-,42-,43-,46+,49-,50+,54+,55+,56-,57-,58+,59+,60-,61-,62-,63-/m0/s1. The number of aryl methyl sites for hydroxylation is 1. The molecule has 0 unspecified atom stereocenters. The first kappa shape index (κ1) is 47.1. The molecular formula is C63H69N3O9. The van der Waals surface area contributed by atoms with Crippen LogP contribution in [0.2, 0.25) is 0 Å². The molecule has 0 radical (unpaired) electrons. The number of hydrogen-bond acceptors (Lipinski definition) is 9. The van der Waals surface area contributed by atoms with Gasteiger partial charge in [-0.15, -0.1) is 11.8 Å². The fourth-order valence-corrected chi connectivity index (χ4v) is 22.6. The maximum atomic E-state index is 17.6. The van der Waals surface area contributed by atoms with E-state index in [9.17, 15) is 20.1 Å². The minimum absolute atomic E-state index is 0.0188. The van der Waals surface area contributed by atoms with Crippen LogP contribution in [0, 0.1) is 68.5 Å². The molecule has 0 aliphatic heterocycles. The van der Waals surface area contributed by atoms with Crippen LogP contribution < -0.4 is 11.5 Å². The SMILES string of the molecule is C/C(C(=O)O)=C1/CC[C@]2(N=C(N)N)C=C[C@@]34[C@@H]5C[C@@H](O)CC[C@H]6C(=O)C7=C8[C@@]9%10CCC#CC[C@]%11(C)C(=O)CC[C@@]7(CCCCC[C@@]639)[C@@H]%11[C@@H](C3=Cc6ccccc6CC3)[C@]8(O)C=C3CC6=C(C(=CC6)[C@]1(O)[C@]52O)[C@@H]4[C@@]3%10O. The Labute approximate surface area is 437 Å². The first-order valence-electron chi connectivity index (χ1n) is 28.3. The quantitative estimate of drug-likeness (QED) is 0.0522. The van der Waals surface area contributed by atoms with Crippen molar-refractivity contribution in [2.75, 3.05) is 0 Å². The molecule has 14 aliphatic carbocycles. The minimum atomic E-state index is -2.47. The Morgan fingerprint density at radius 2 is 1.71 bits per heavy atom. The highest BCUT2D eigenvalue weighted by Gasteiger charge is 2.95. The Morgan fingerprint density at radius 1 is 0.907 bits per heavy atom. The molecule has 14 aliphatic rings. The van der Waals surface area contributed by atoms with Crippen LogP contribution >= 0.6 is 0 Å². The van der Waals surface area contributed by atoms with Gasteiger partial charge in [0, 0.05) is 81.2 Å². The monoisotopic (exact) mass is 1010 g/mol. The summed E-state index contributed by atoms with van der Waals surface area (Å²) >= 11 is 0. The van der Waals surface area contributed by atoms with Crippen LogP contribution in [0.15, 0.2) is 104 Å². The van der Waals surface area contributed by atoms with E-state index >= 15 is 24.9 Å². The van der Waals surface area contributed by atoms with Crippen molar-refractivity contribution in [2.24, 2.45) is 73.1 Å². The van der Waals surface area contributed by atoms with Crippen LogP contribution in [-0.2, 0) is 20.8 Å². The third-order valence-corrected chi connectivity index (χ3v) is 24.4. The molecule has 9 bridgehead atoms. The third-order valence-electron chi connectivity index (χ3n) is 24.4. The molecule has 0 heterocycles. The Kier molecular flexibility index (Phi) is 8.98. The van der Waals surface area contributed by atoms with Crippen LogP contribution in [0.25, 0.3) is 6.08 Å². The number of hydrogen-bond donors (Lipinski definition) is 8. The van der Waals surface area contributed by atoms with Crippen molar-refractivity contribution in [1.29, 1.82) is 0 Å². The predicted octanol–water partition coefficient (Wildman–Crippen LogP) is 6.70. The van der Waals surface area contributed by atoms with E-state index in [0.717, 1.165) is 36.0 Å². The summed E-state index contributed by atoms with van der Waals surface area (Å²) in [6.07, 6.45) is 16.1. The fourth-order valence-electron chi connectivity index (χ4n) is 22.6. The van der Waals surface area contributed by atoms with E-state index in [2.05, 4.69) is 49.1 Å². The Morgan fingerprint density at radius 3 is 2.51 bits per heavy atom. The molecule has 75 heavy (non-hydrogen) atoms. The summed E-state index contributed by atoms with van der Waals surface area (Å²) in [5.74, 6) is 1.43. The molecule has 0 aromatic heterocycles. The molecule has 0 amide bonds. The van der Waals surface area contributed by atoms with Crippen molar-refractivity contribution in [1.82, 2.24) is 0 Å². The summed E-state index contributed by atoms with van der Waals surface area (Å²) in [5, 5.41) is 84.8. The van der Waals surface area contributed by atoms with Gasteiger partial charge in [-0.1, -0.05) is 85.9 Å². The predicted molar refractivity (Wildman–Crippen MR) is 278 cm³/mol. The molecule has 390 valence electrons. The van der Waals surface area contributed by atoms with Gasteiger partial charge >= 0.3 is 5.97 Å². The first-order valence-corrected chi connectivity index (χ1v) is 28.3. The number of aliphatic carboxylic acids is 1. The number of allylic oxidation sites excluding steroid dienone is 4. The van der Waals surface area contributed by atoms with Gasteiger partial charge in [-0.3, -0.25) is 9.59 Å². The molecule has 16 atom stereocenters. The van der Waals surface area contributed by atoms with Crippen molar-refractivity contribution in [3.05, 3.63) is 110 Å². The number of Topliss-reactive ketones (excluding diaryl/α,β-unsaturated/α-hetero) is 2. The second kappa shape index (κ2) is 14.3. The van der Waals surface area contributed by atoms with Crippen LogP contribution in [0.4, 0.5) is 0 Å². The van der Waals surface area contributed by atoms with Gasteiger partial charge in [-0.25, -0.2) is 9.79 Å². The number of carboxylic acids is 1. The molecule has 6 fully saturated rings. The zero-order valence-electron chi connectivity index (χ0n) is 43.1. The highest BCUT2D eigenvalue weighted by molar-refractivity contribution is 6.04. The van der Waals surface area contributed by atoms with Gasteiger partial charge in [0.2, 0.25) is 0 Å². The lowest BCUT2D eigenvalue weighted by Gasteiger charge is -2.75. The van der Waals surface area contributed by atoms with E-state index < -0.39 is 96.7 Å². The van der Waals surface area contributed by atoms with Crippen molar-refractivity contribution in [3.8, 4) is 11.8 Å². The molecule has 1 aromatic carbocycles. The average molecular weight is 1010 g/mol. The highest BCUT2D eigenvalue weighted by atomic mass is 16.4. The van der Waals surface area contributed by atoms with Crippen molar-refractivity contribution in [2.45, 2.75) is 170 Å². The summed E-state index contributed by atoms with van der Waals surface area (Å²) in [6, 6.07) is 8.40. The van der Waals surface area contributed by atoms with Crippen LogP contribution in [0.3, 0.4) is 0 Å². The van der Waals surface area contributed by atoms with E-state index in [0.29, 0.717) is 72.8 Å². The van der Waals surface area contributed by atoms with Crippen molar-refractivity contribution >= 4 is 29.6 Å². The summed E-state index contributed by atoms with van der Waals surface area (Å²) < 4.78 is 0. The number of aliphatic hydroxyl groups is 5.